The fourth-order valence-corrected chi connectivity index (χ4v) is 3.57. The molecule has 0 bridgehead atoms. The van der Waals surface area contributed by atoms with Crippen LogP contribution in [0.25, 0.3) is 0 Å². The predicted octanol–water partition coefficient (Wildman–Crippen LogP) is 2.49. The number of esters is 1. The summed E-state index contributed by atoms with van der Waals surface area (Å²) in [5.41, 5.74) is 0.941. The van der Waals surface area contributed by atoms with E-state index in [1.54, 1.807) is 11.3 Å². The van der Waals surface area contributed by atoms with E-state index in [0.717, 1.165) is 49.7 Å². The number of aromatic nitrogens is 1. The molecule has 118 valence electrons. The molecule has 0 aromatic carbocycles. The molecule has 0 spiro atoms. The summed E-state index contributed by atoms with van der Waals surface area (Å²) in [4.78, 5) is 20.2. The molecule has 6 heteroatoms. The summed E-state index contributed by atoms with van der Waals surface area (Å²) >= 11 is 1.69. The van der Waals surface area contributed by atoms with E-state index in [0.29, 0.717) is 6.61 Å². The average molecular weight is 311 g/mol. The first kappa shape index (κ1) is 16.2. The third kappa shape index (κ3) is 4.17. The van der Waals surface area contributed by atoms with Gasteiger partial charge in [0.1, 0.15) is 5.92 Å². The van der Waals surface area contributed by atoms with E-state index in [1.165, 1.54) is 4.88 Å². The van der Waals surface area contributed by atoms with Gasteiger partial charge in [-0.15, -0.1) is 11.3 Å². The Hall–Kier alpha value is -1.14. The van der Waals surface area contributed by atoms with Crippen LogP contribution in [-0.2, 0) is 16.0 Å². The lowest BCUT2D eigenvalue weighted by molar-refractivity contribution is -0.145. The Balaban J connectivity index is 1.99. The minimum atomic E-state index is -0.168. The van der Waals surface area contributed by atoms with Crippen molar-refractivity contribution < 1.29 is 9.53 Å². The fourth-order valence-electron chi connectivity index (χ4n) is 2.48. The van der Waals surface area contributed by atoms with Crippen molar-refractivity contribution in [2.24, 2.45) is 0 Å². The molecule has 1 aromatic rings. The normalized spacial score (nSPS) is 17.6. The molecule has 0 saturated heterocycles. The van der Waals surface area contributed by atoms with Crippen molar-refractivity contribution in [2.75, 3.05) is 38.6 Å². The Bertz CT molecular complexity index is 475. The molecule has 1 aromatic heterocycles. The first-order valence-corrected chi connectivity index (χ1v) is 8.56. The molecule has 21 heavy (non-hydrogen) atoms. The van der Waals surface area contributed by atoms with Crippen LogP contribution in [0.4, 0.5) is 5.13 Å². The maximum atomic E-state index is 12.0. The van der Waals surface area contributed by atoms with Crippen molar-refractivity contribution in [3.05, 3.63) is 10.6 Å². The van der Waals surface area contributed by atoms with E-state index in [4.69, 9.17) is 4.74 Å². The van der Waals surface area contributed by atoms with Crippen molar-refractivity contribution in [3.63, 3.8) is 0 Å². The lowest BCUT2D eigenvalue weighted by Gasteiger charge is -2.19. The summed E-state index contributed by atoms with van der Waals surface area (Å²) in [6, 6.07) is 0. The molecule has 0 aliphatic heterocycles. The molecule has 0 saturated carbocycles. The van der Waals surface area contributed by atoms with Gasteiger partial charge in [0.05, 0.1) is 12.3 Å². The molecular weight excluding hydrogens is 286 g/mol. The standard InChI is InChI=1S/C15H25N3O2S/c1-4-18(3)10-9-16-15-17-13-11(14(19)20-5-2)7-6-8-12(13)21-15/h11H,4-10H2,1-3H3,(H,16,17). The number of thiazole rings is 1. The number of fused-ring (bicyclic) bond motifs is 1. The molecule has 1 unspecified atom stereocenters. The van der Waals surface area contributed by atoms with Gasteiger partial charge in [0.15, 0.2) is 5.13 Å². The molecule has 1 N–H and O–H groups in total. The van der Waals surface area contributed by atoms with Crippen molar-refractivity contribution in [1.29, 1.82) is 0 Å². The second-order valence-corrected chi connectivity index (χ2v) is 6.43. The SMILES string of the molecule is CCOC(=O)C1CCCc2sc(NCCN(C)CC)nc21. The van der Waals surface area contributed by atoms with Crippen LogP contribution in [0.3, 0.4) is 0 Å². The van der Waals surface area contributed by atoms with Gasteiger partial charge in [0, 0.05) is 18.0 Å². The highest BCUT2D eigenvalue weighted by Gasteiger charge is 2.31. The largest absolute Gasteiger partial charge is 0.465 e. The number of hydrogen-bond donors (Lipinski definition) is 1. The maximum absolute atomic E-state index is 12.0. The highest BCUT2D eigenvalue weighted by molar-refractivity contribution is 7.15. The Morgan fingerprint density at radius 1 is 1.52 bits per heavy atom. The number of hydrogen-bond acceptors (Lipinski definition) is 6. The number of rotatable bonds is 7. The van der Waals surface area contributed by atoms with E-state index in [1.807, 2.05) is 6.92 Å². The summed E-state index contributed by atoms with van der Waals surface area (Å²) in [6.45, 7) is 7.33. The van der Waals surface area contributed by atoms with Gasteiger partial charge in [-0.05, 0) is 39.8 Å². The molecule has 1 heterocycles. The predicted molar refractivity (Wildman–Crippen MR) is 86.1 cm³/mol. The average Bonchev–Trinajstić information content (AvgIpc) is 2.89. The van der Waals surface area contributed by atoms with Crippen LogP contribution in [0.15, 0.2) is 0 Å². The Kier molecular flexibility index (Phi) is 5.99. The van der Waals surface area contributed by atoms with Crippen molar-refractivity contribution in [3.8, 4) is 0 Å². The van der Waals surface area contributed by atoms with Gasteiger partial charge in [-0.3, -0.25) is 4.79 Å². The summed E-state index contributed by atoms with van der Waals surface area (Å²) in [5, 5.41) is 4.30. The molecule has 0 fully saturated rings. The number of carbonyl (C=O) groups is 1. The first-order chi connectivity index (χ1) is 10.2. The van der Waals surface area contributed by atoms with Gasteiger partial charge in [0.2, 0.25) is 0 Å². The van der Waals surface area contributed by atoms with Gasteiger partial charge in [-0.25, -0.2) is 4.98 Å². The van der Waals surface area contributed by atoms with Crippen molar-refractivity contribution >= 4 is 22.4 Å². The van der Waals surface area contributed by atoms with Crippen LogP contribution in [0.1, 0.15) is 43.2 Å². The number of nitrogens with zero attached hydrogens (tertiary/aromatic N) is 2. The van der Waals surface area contributed by atoms with Crippen LogP contribution >= 0.6 is 11.3 Å². The zero-order chi connectivity index (χ0) is 15.2. The van der Waals surface area contributed by atoms with Crippen molar-refractivity contribution in [2.45, 2.75) is 39.0 Å². The lowest BCUT2D eigenvalue weighted by Crippen LogP contribution is -2.24. The molecule has 2 rings (SSSR count). The molecule has 1 aliphatic carbocycles. The quantitative estimate of drug-likeness (QED) is 0.784. The Morgan fingerprint density at radius 2 is 2.33 bits per heavy atom. The van der Waals surface area contributed by atoms with E-state index >= 15 is 0 Å². The summed E-state index contributed by atoms with van der Waals surface area (Å²) < 4.78 is 5.17. The van der Waals surface area contributed by atoms with Gasteiger partial charge < -0.3 is 15.0 Å². The monoisotopic (exact) mass is 311 g/mol. The first-order valence-electron chi connectivity index (χ1n) is 7.74. The minimum absolute atomic E-state index is 0.124. The highest BCUT2D eigenvalue weighted by atomic mass is 32.1. The van der Waals surface area contributed by atoms with E-state index < -0.39 is 0 Å². The number of anilines is 1. The fraction of sp³-hybridized carbons (Fsp3) is 0.733. The molecule has 0 amide bonds. The molecule has 0 radical (unpaired) electrons. The van der Waals surface area contributed by atoms with Gasteiger partial charge in [0.25, 0.3) is 0 Å². The smallest absolute Gasteiger partial charge is 0.315 e. The van der Waals surface area contributed by atoms with Crippen LogP contribution in [-0.4, -0.2) is 49.1 Å². The minimum Gasteiger partial charge on any atom is -0.465 e. The number of ether oxygens (including phenoxy) is 1. The molecule has 5 nitrogen and oxygen atoms in total. The van der Waals surface area contributed by atoms with Gasteiger partial charge in [-0.2, -0.15) is 0 Å². The van der Waals surface area contributed by atoms with Crippen LogP contribution in [0.2, 0.25) is 0 Å². The summed E-state index contributed by atoms with van der Waals surface area (Å²) in [7, 11) is 2.10. The maximum Gasteiger partial charge on any atom is 0.315 e. The zero-order valence-corrected chi connectivity index (χ0v) is 14.0. The van der Waals surface area contributed by atoms with E-state index in [-0.39, 0.29) is 11.9 Å². The highest BCUT2D eigenvalue weighted by Crippen LogP contribution is 2.37. The Morgan fingerprint density at radius 3 is 3.05 bits per heavy atom. The van der Waals surface area contributed by atoms with Crippen molar-refractivity contribution in [1.82, 2.24) is 9.88 Å². The number of aryl methyl sites for hydroxylation is 1. The summed E-state index contributed by atoms with van der Waals surface area (Å²) in [6.07, 6.45) is 2.92. The lowest BCUT2D eigenvalue weighted by atomic mass is 9.91. The summed E-state index contributed by atoms with van der Waals surface area (Å²) in [5.74, 6) is -0.292. The number of nitrogens with one attached hydrogen (secondary N) is 1. The van der Waals surface area contributed by atoms with E-state index in [9.17, 15) is 4.79 Å². The molecular formula is C15H25N3O2S. The van der Waals surface area contributed by atoms with Crippen LogP contribution in [0, 0.1) is 0 Å². The number of likely N-dealkylation sites (N-methyl/N-ethyl adjacent to an activating group) is 1. The number of carbonyl (C=O) groups excluding carboxylic acids is 1. The zero-order valence-electron chi connectivity index (χ0n) is 13.1. The van der Waals surface area contributed by atoms with E-state index in [2.05, 4.69) is 29.2 Å². The Labute approximate surface area is 130 Å². The van der Waals surface area contributed by atoms with Crippen LogP contribution in [0.5, 0.6) is 0 Å². The van der Waals surface area contributed by atoms with Gasteiger partial charge in [-0.1, -0.05) is 6.92 Å². The molecule has 1 aliphatic rings. The molecule has 1 atom stereocenters. The second kappa shape index (κ2) is 7.75. The van der Waals surface area contributed by atoms with Crippen LogP contribution < -0.4 is 5.32 Å². The van der Waals surface area contributed by atoms with Gasteiger partial charge >= 0.3 is 5.97 Å². The third-order valence-electron chi connectivity index (χ3n) is 3.83. The topological polar surface area (TPSA) is 54.5 Å². The third-order valence-corrected chi connectivity index (χ3v) is 4.92. The second-order valence-electron chi connectivity index (χ2n) is 5.35.